The Hall–Kier alpha value is -0.903. The molecule has 1 aliphatic rings. The largest absolute Gasteiger partial charge is 0.491 e. The summed E-state index contributed by atoms with van der Waals surface area (Å²) in [7, 11) is -0.498. The molecule has 1 aliphatic heterocycles. The second kappa shape index (κ2) is 11.7. The molecule has 0 bridgehead atoms. The molecule has 0 radical (unpaired) electrons. The highest BCUT2D eigenvalue weighted by molar-refractivity contribution is 6.58. The first-order valence-corrected chi connectivity index (χ1v) is 13.2. The van der Waals surface area contributed by atoms with Gasteiger partial charge in [-0.25, -0.2) is 4.39 Å². The molecule has 1 saturated heterocycles. The van der Waals surface area contributed by atoms with E-state index in [2.05, 4.69) is 6.92 Å². The molecule has 0 unspecified atom stereocenters. The number of benzene rings is 1. The Balaban J connectivity index is 1.69. The van der Waals surface area contributed by atoms with Crippen molar-refractivity contribution in [3.8, 4) is 5.75 Å². The van der Waals surface area contributed by atoms with Gasteiger partial charge in [0.15, 0.2) is 11.6 Å². The van der Waals surface area contributed by atoms with Gasteiger partial charge in [-0.3, -0.25) is 0 Å². The van der Waals surface area contributed by atoms with Gasteiger partial charge in [0.1, 0.15) is 0 Å². The molecule has 148 valence electrons. The van der Waals surface area contributed by atoms with E-state index in [9.17, 15) is 8.78 Å². The molecule has 1 fully saturated rings. The molecule has 2 rings (SSSR count). The third kappa shape index (κ3) is 6.68. The Morgan fingerprint density at radius 1 is 1.00 bits per heavy atom. The fourth-order valence-electron chi connectivity index (χ4n) is 4.24. The summed E-state index contributed by atoms with van der Waals surface area (Å²) in [6.07, 6.45) is 11.2. The van der Waals surface area contributed by atoms with Crippen LogP contribution in [0.2, 0.25) is 18.1 Å². The lowest BCUT2D eigenvalue weighted by Crippen LogP contribution is -2.21. The number of hydrogen-bond donors (Lipinski definition) is 0. The van der Waals surface area contributed by atoms with E-state index in [1.54, 1.807) is 19.1 Å². The third-order valence-electron chi connectivity index (χ3n) is 5.93. The summed E-state index contributed by atoms with van der Waals surface area (Å²) < 4.78 is 33.3. The molecule has 0 aliphatic carbocycles. The first-order valence-electron chi connectivity index (χ1n) is 10.7. The number of aryl methyl sites for hydroxylation is 1. The molecule has 0 saturated carbocycles. The van der Waals surface area contributed by atoms with Gasteiger partial charge in [-0.1, -0.05) is 76.1 Å². The van der Waals surface area contributed by atoms with Gasteiger partial charge in [-0.15, -0.1) is 0 Å². The zero-order valence-electron chi connectivity index (χ0n) is 16.7. The molecule has 26 heavy (non-hydrogen) atoms. The molecule has 0 N–H and O–H groups in total. The maximum absolute atomic E-state index is 14.2. The molecule has 1 aromatic carbocycles. The minimum atomic E-state index is -0.830. The van der Waals surface area contributed by atoms with Crippen molar-refractivity contribution in [1.82, 2.24) is 0 Å². The van der Waals surface area contributed by atoms with Gasteiger partial charge in [0.05, 0.1) is 6.61 Å². The second-order valence-corrected chi connectivity index (χ2v) is 11.4. The van der Waals surface area contributed by atoms with Crippen LogP contribution in [0.4, 0.5) is 8.78 Å². The Kier molecular flexibility index (Phi) is 9.66. The summed E-state index contributed by atoms with van der Waals surface area (Å²) in [6, 6.07) is 7.70. The van der Waals surface area contributed by atoms with Gasteiger partial charge in [-0.2, -0.15) is 4.39 Å². The highest BCUT2D eigenvalue weighted by Gasteiger charge is 2.22. The lowest BCUT2D eigenvalue weighted by molar-refractivity contribution is 0.313. The van der Waals surface area contributed by atoms with Crippen LogP contribution in [0.1, 0.15) is 70.8 Å². The highest BCUT2D eigenvalue weighted by Crippen LogP contribution is 2.32. The molecular formula is C22H36F2OSi. The second-order valence-electron chi connectivity index (χ2n) is 7.91. The third-order valence-corrected chi connectivity index (χ3v) is 9.46. The minimum Gasteiger partial charge on any atom is -0.491 e. The average Bonchev–Trinajstić information content (AvgIpc) is 2.66. The van der Waals surface area contributed by atoms with Crippen LogP contribution in [-0.2, 0) is 6.42 Å². The average molecular weight is 383 g/mol. The molecule has 0 aromatic heterocycles. The van der Waals surface area contributed by atoms with Gasteiger partial charge >= 0.3 is 0 Å². The Morgan fingerprint density at radius 3 is 2.42 bits per heavy atom. The molecule has 1 nitrogen and oxygen atoms in total. The van der Waals surface area contributed by atoms with Crippen molar-refractivity contribution in [2.45, 2.75) is 89.8 Å². The lowest BCUT2D eigenvalue weighted by atomic mass is 9.94. The first kappa shape index (κ1) is 21.4. The number of hydrogen-bond acceptors (Lipinski definition) is 1. The van der Waals surface area contributed by atoms with Gasteiger partial charge in [-0.05, 0) is 37.3 Å². The van der Waals surface area contributed by atoms with Crippen molar-refractivity contribution in [3.05, 3.63) is 29.3 Å². The van der Waals surface area contributed by atoms with Crippen molar-refractivity contribution in [2.24, 2.45) is 5.92 Å². The van der Waals surface area contributed by atoms with Gasteiger partial charge in [0, 0.05) is 8.80 Å². The number of unbranched alkanes of at least 4 members (excludes halogenated alkanes) is 4. The van der Waals surface area contributed by atoms with Crippen LogP contribution in [0.25, 0.3) is 0 Å². The maximum atomic E-state index is 14.2. The van der Waals surface area contributed by atoms with Crippen molar-refractivity contribution in [3.63, 3.8) is 0 Å². The topological polar surface area (TPSA) is 9.23 Å². The molecule has 0 spiro atoms. The van der Waals surface area contributed by atoms with Gasteiger partial charge < -0.3 is 4.74 Å². The summed E-state index contributed by atoms with van der Waals surface area (Å²) in [5.74, 6) is -0.818. The van der Waals surface area contributed by atoms with Gasteiger partial charge in [0.25, 0.3) is 0 Å². The van der Waals surface area contributed by atoms with E-state index in [-0.39, 0.29) is 5.75 Å². The van der Waals surface area contributed by atoms with Gasteiger partial charge in [0.2, 0.25) is 5.82 Å². The number of rotatable bonds is 11. The van der Waals surface area contributed by atoms with Crippen LogP contribution in [0.3, 0.4) is 0 Å². The smallest absolute Gasteiger partial charge is 0.200 e. The van der Waals surface area contributed by atoms with Crippen molar-refractivity contribution < 1.29 is 13.5 Å². The predicted octanol–water partition coefficient (Wildman–Crippen LogP) is 6.90. The first-order chi connectivity index (χ1) is 12.7. The van der Waals surface area contributed by atoms with Crippen LogP contribution >= 0.6 is 0 Å². The van der Waals surface area contributed by atoms with E-state index in [1.165, 1.54) is 63.1 Å². The lowest BCUT2D eigenvalue weighted by Gasteiger charge is -2.27. The van der Waals surface area contributed by atoms with E-state index in [1.807, 2.05) is 0 Å². The van der Waals surface area contributed by atoms with E-state index in [4.69, 9.17) is 4.74 Å². The molecule has 1 aromatic rings. The van der Waals surface area contributed by atoms with Crippen molar-refractivity contribution in [1.29, 1.82) is 0 Å². The molecule has 0 amide bonds. The quantitative estimate of drug-likeness (QED) is 0.299. The predicted molar refractivity (Wildman–Crippen MR) is 109 cm³/mol. The molecule has 0 atom stereocenters. The van der Waals surface area contributed by atoms with Crippen LogP contribution < -0.4 is 4.74 Å². The fourth-order valence-corrected chi connectivity index (χ4v) is 7.85. The molecule has 1 heterocycles. The van der Waals surface area contributed by atoms with Crippen LogP contribution in [-0.4, -0.2) is 15.4 Å². The van der Waals surface area contributed by atoms with E-state index < -0.39 is 20.4 Å². The molecular weight excluding hydrogens is 346 g/mol. The zero-order chi connectivity index (χ0) is 18.8. The fraction of sp³-hybridized carbons (Fsp3) is 0.727. The van der Waals surface area contributed by atoms with E-state index in [0.717, 1.165) is 6.42 Å². The summed E-state index contributed by atoms with van der Waals surface area (Å²) in [6.45, 7) is 4.39. The Bertz CT molecular complexity index is 527. The van der Waals surface area contributed by atoms with E-state index >= 15 is 0 Å². The summed E-state index contributed by atoms with van der Waals surface area (Å²) in [5, 5.41) is 0. The van der Waals surface area contributed by atoms with Crippen LogP contribution in [0, 0.1) is 17.6 Å². The minimum absolute atomic E-state index is 0.0270. The monoisotopic (exact) mass is 382 g/mol. The SMILES string of the molecule is CCCCCCC[Si@H]1CC[C@H](CCc2ccc(OCC)c(F)c2F)CC1. The zero-order valence-corrected chi connectivity index (χ0v) is 17.8. The normalized spacial score (nSPS) is 20.3. The highest BCUT2D eigenvalue weighted by atomic mass is 28.3. The number of ether oxygens (including phenoxy) is 1. The van der Waals surface area contributed by atoms with E-state index in [0.29, 0.717) is 24.5 Å². The summed E-state index contributed by atoms with van der Waals surface area (Å²) in [5.41, 5.74) is 0.501. The van der Waals surface area contributed by atoms with Crippen LogP contribution in [0.5, 0.6) is 5.75 Å². The Labute approximate surface area is 160 Å². The number of halogens is 2. The molecule has 4 heteroatoms. The van der Waals surface area contributed by atoms with Crippen molar-refractivity contribution >= 4 is 8.80 Å². The standard InChI is InChI=1S/C22H36F2OSi/c1-3-5-6-7-8-15-26-16-13-18(14-17-26)9-10-19-11-12-20(25-4-2)22(24)21(19)23/h11-12,18,26H,3-10,13-17H2,1-2H3/t18-,26-. The summed E-state index contributed by atoms with van der Waals surface area (Å²) in [4.78, 5) is 0. The van der Waals surface area contributed by atoms with Crippen LogP contribution in [0.15, 0.2) is 12.1 Å². The van der Waals surface area contributed by atoms with Crippen molar-refractivity contribution in [2.75, 3.05) is 6.61 Å². The Morgan fingerprint density at radius 2 is 1.73 bits per heavy atom. The summed E-state index contributed by atoms with van der Waals surface area (Å²) >= 11 is 0. The maximum Gasteiger partial charge on any atom is 0.200 e.